The van der Waals surface area contributed by atoms with Gasteiger partial charge in [0.25, 0.3) is 0 Å². The zero-order chi connectivity index (χ0) is 17.3. The van der Waals surface area contributed by atoms with Gasteiger partial charge in [0.05, 0.1) is 28.2 Å². The molecule has 1 N–H and O–H groups in total. The number of aromatic nitrogens is 1. The number of nitrogens with one attached hydrogen (secondary N) is 1. The Balaban J connectivity index is 1.56. The van der Waals surface area contributed by atoms with E-state index in [-0.39, 0.29) is 23.6 Å². The zero-order valence-electron chi connectivity index (χ0n) is 14.2. The van der Waals surface area contributed by atoms with E-state index in [1.54, 1.807) is 16.2 Å². The Morgan fingerprint density at radius 3 is 2.71 bits per heavy atom. The number of carbonyl (C=O) groups excluding carboxylic acids is 1. The summed E-state index contributed by atoms with van der Waals surface area (Å²) in [5.41, 5.74) is 1.05. The summed E-state index contributed by atoms with van der Waals surface area (Å²) in [5.74, 6) is 0.542. The van der Waals surface area contributed by atoms with Gasteiger partial charge in [-0.1, -0.05) is 6.42 Å². The van der Waals surface area contributed by atoms with Gasteiger partial charge in [-0.25, -0.2) is 18.2 Å². The molecule has 1 aliphatic heterocycles. The van der Waals surface area contributed by atoms with E-state index in [4.69, 9.17) is 0 Å². The van der Waals surface area contributed by atoms with Gasteiger partial charge in [-0.3, -0.25) is 0 Å². The summed E-state index contributed by atoms with van der Waals surface area (Å²) in [5, 5.41) is 3.98. The lowest BCUT2D eigenvalue weighted by Gasteiger charge is -2.43. The summed E-state index contributed by atoms with van der Waals surface area (Å²) in [4.78, 5) is 20.0. The summed E-state index contributed by atoms with van der Waals surface area (Å²) in [6.45, 7) is 4.88. The molecular formula is C16H25N3O3S2. The van der Waals surface area contributed by atoms with Crippen LogP contribution in [0.1, 0.15) is 34.8 Å². The number of amides is 2. The molecule has 3 rings (SSSR count). The molecule has 1 aromatic rings. The molecule has 1 saturated heterocycles. The first-order valence-corrected chi connectivity index (χ1v) is 11.2. The highest BCUT2D eigenvalue weighted by Crippen LogP contribution is 2.34. The van der Waals surface area contributed by atoms with Gasteiger partial charge in [0.1, 0.15) is 0 Å². The number of nitrogens with zero attached hydrogens (tertiary/aromatic N) is 2. The lowest BCUT2D eigenvalue weighted by molar-refractivity contribution is 0.123. The van der Waals surface area contributed by atoms with Crippen LogP contribution in [0.5, 0.6) is 0 Å². The smallest absolute Gasteiger partial charge is 0.317 e. The lowest BCUT2D eigenvalue weighted by atomic mass is 9.79. The van der Waals surface area contributed by atoms with Crippen LogP contribution in [-0.2, 0) is 16.3 Å². The summed E-state index contributed by atoms with van der Waals surface area (Å²) < 4.78 is 23.9. The Morgan fingerprint density at radius 1 is 1.38 bits per heavy atom. The number of hydrogen-bond donors (Lipinski definition) is 1. The topological polar surface area (TPSA) is 79.4 Å². The van der Waals surface area contributed by atoms with Gasteiger partial charge in [0.15, 0.2) is 9.84 Å². The van der Waals surface area contributed by atoms with Crippen molar-refractivity contribution in [2.45, 2.75) is 45.6 Å². The predicted molar refractivity (Wildman–Crippen MR) is 95.2 cm³/mol. The van der Waals surface area contributed by atoms with E-state index in [9.17, 15) is 13.2 Å². The molecule has 2 amide bonds. The highest BCUT2D eigenvalue weighted by molar-refractivity contribution is 7.91. The van der Waals surface area contributed by atoms with Crippen molar-refractivity contribution in [3.8, 4) is 0 Å². The SMILES string of the molecule is Cc1nc(CCNC(=O)N2CCS(=O)(=O)CC2C2CCC2)sc1C. The lowest BCUT2D eigenvalue weighted by Crippen LogP contribution is -2.58. The largest absolute Gasteiger partial charge is 0.338 e. The molecule has 1 atom stereocenters. The zero-order valence-corrected chi connectivity index (χ0v) is 15.9. The van der Waals surface area contributed by atoms with E-state index in [0.717, 1.165) is 30.0 Å². The van der Waals surface area contributed by atoms with Gasteiger partial charge in [-0.2, -0.15) is 0 Å². The fraction of sp³-hybridized carbons (Fsp3) is 0.750. The predicted octanol–water partition coefficient (Wildman–Crippen LogP) is 1.91. The van der Waals surface area contributed by atoms with Crippen LogP contribution in [0.4, 0.5) is 4.79 Å². The van der Waals surface area contributed by atoms with E-state index in [0.29, 0.717) is 25.4 Å². The third-order valence-electron chi connectivity index (χ3n) is 5.11. The second-order valence-electron chi connectivity index (χ2n) is 6.80. The molecule has 2 aliphatic rings. The second kappa shape index (κ2) is 7.00. The molecule has 8 heteroatoms. The van der Waals surface area contributed by atoms with Crippen molar-refractivity contribution in [1.29, 1.82) is 0 Å². The molecule has 1 unspecified atom stereocenters. The third-order valence-corrected chi connectivity index (χ3v) is 7.90. The van der Waals surface area contributed by atoms with E-state index in [2.05, 4.69) is 10.3 Å². The van der Waals surface area contributed by atoms with Crippen molar-refractivity contribution < 1.29 is 13.2 Å². The van der Waals surface area contributed by atoms with Crippen molar-refractivity contribution >= 4 is 27.2 Å². The summed E-state index contributed by atoms with van der Waals surface area (Å²) >= 11 is 1.66. The van der Waals surface area contributed by atoms with Gasteiger partial charge in [0.2, 0.25) is 0 Å². The maximum atomic E-state index is 12.5. The first kappa shape index (κ1) is 17.7. The van der Waals surface area contributed by atoms with E-state index >= 15 is 0 Å². The molecule has 1 saturated carbocycles. The van der Waals surface area contributed by atoms with Crippen LogP contribution >= 0.6 is 11.3 Å². The minimum Gasteiger partial charge on any atom is -0.338 e. The first-order valence-electron chi connectivity index (χ1n) is 8.53. The molecule has 0 aromatic carbocycles. The first-order chi connectivity index (χ1) is 11.4. The number of rotatable bonds is 4. The Bertz CT molecular complexity index is 691. The second-order valence-corrected chi connectivity index (χ2v) is 10.3. The standard InChI is InChI=1S/C16H25N3O3S2/c1-11-12(2)23-15(18-11)6-7-17-16(20)19-8-9-24(21,22)10-14(19)13-4-3-5-13/h13-14H,3-10H2,1-2H3,(H,17,20). The van der Waals surface area contributed by atoms with Crippen molar-refractivity contribution in [3.63, 3.8) is 0 Å². The average Bonchev–Trinajstić information content (AvgIpc) is 2.75. The molecule has 2 heterocycles. The van der Waals surface area contributed by atoms with Crippen LogP contribution in [0.25, 0.3) is 0 Å². The van der Waals surface area contributed by atoms with E-state index < -0.39 is 9.84 Å². The fourth-order valence-electron chi connectivity index (χ4n) is 3.33. The number of sulfone groups is 1. The molecule has 2 fully saturated rings. The number of urea groups is 1. The molecule has 0 bridgehead atoms. The maximum absolute atomic E-state index is 12.5. The van der Waals surface area contributed by atoms with Gasteiger partial charge in [-0.15, -0.1) is 11.3 Å². The number of aryl methyl sites for hydroxylation is 2. The quantitative estimate of drug-likeness (QED) is 0.877. The molecule has 0 spiro atoms. The fourth-order valence-corrected chi connectivity index (χ4v) is 5.88. The van der Waals surface area contributed by atoms with Crippen LogP contribution in [0.2, 0.25) is 0 Å². The highest BCUT2D eigenvalue weighted by Gasteiger charge is 2.40. The molecular weight excluding hydrogens is 346 g/mol. The van der Waals surface area contributed by atoms with Crippen LogP contribution < -0.4 is 5.32 Å². The maximum Gasteiger partial charge on any atom is 0.317 e. The van der Waals surface area contributed by atoms with Gasteiger partial charge >= 0.3 is 6.03 Å². The molecule has 0 radical (unpaired) electrons. The summed E-state index contributed by atoms with van der Waals surface area (Å²) in [6, 6.07) is -0.284. The Morgan fingerprint density at radius 2 is 2.12 bits per heavy atom. The van der Waals surface area contributed by atoms with Crippen molar-refractivity contribution in [1.82, 2.24) is 15.2 Å². The van der Waals surface area contributed by atoms with Crippen molar-refractivity contribution in [2.75, 3.05) is 24.6 Å². The monoisotopic (exact) mass is 371 g/mol. The molecule has 1 aromatic heterocycles. The Labute approximate surface area is 147 Å². The Hall–Kier alpha value is -1.15. The minimum absolute atomic E-state index is 0.0779. The van der Waals surface area contributed by atoms with Crippen LogP contribution in [0.15, 0.2) is 0 Å². The van der Waals surface area contributed by atoms with Gasteiger partial charge < -0.3 is 10.2 Å². The third kappa shape index (κ3) is 3.91. The van der Waals surface area contributed by atoms with Crippen molar-refractivity contribution in [3.05, 3.63) is 15.6 Å². The molecule has 1 aliphatic carbocycles. The van der Waals surface area contributed by atoms with Crippen LogP contribution in [0.3, 0.4) is 0 Å². The normalized spacial score (nSPS) is 23.8. The molecule has 24 heavy (non-hydrogen) atoms. The average molecular weight is 372 g/mol. The number of thiazole rings is 1. The summed E-state index contributed by atoms with van der Waals surface area (Å²) in [6.07, 6.45) is 3.91. The number of hydrogen-bond acceptors (Lipinski definition) is 5. The molecule has 6 nitrogen and oxygen atoms in total. The van der Waals surface area contributed by atoms with E-state index in [1.165, 1.54) is 4.88 Å². The Kier molecular flexibility index (Phi) is 5.15. The number of carbonyl (C=O) groups is 1. The van der Waals surface area contributed by atoms with Gasteiger partial charge in [0, 0.05) is 24.4 Å². The van der Waals surface area contributed by atoms with Crippen molar-refractivity contribution in [2.24, 2.45) is 5.92 Å². The van der Waals surface area contributed by atoms with Crippen LogP contribution in [-0.4, -0.2) is 55.0 Å². The highest BCUT2D eigenvalue weighted by atomic mass is 32.2. The van der Waals surface area contributed by atoms with Gasteiger partial charge in [-0.05, 0) is 32.6 Å². The minimum atomic E-state index is -3.02. The summed E-state index contributed by atoms with van der Waals surface area (Å²) in [7, 11) is -3.02. The van der Waals surface area contributed by atoms with Crippen LogP contribution in [0, 0.1) is 19.8 Å². The molecule has 134 valence electrons. The van der Waals surface area contributed by atoms with E-state index in [1.807, 2.05) is 13.8 Å².